The Morgan fingerprint density at radius 1 is 1.30 bits per heavy atom. The molecule has 0 saturated carbocycles. The fraction of sp³-hybridized carbons (Fsp3) is 0.143. The van der Waals surface area contributed by atoms with Gasteiger partial charge < -0.3 is 0 Å². The molecule has 2 heterocycles. The van der Waals surface area contributed by atoms with Crippen LogP contribution in [0.3, 0.4) is 0 Å². The molecule has 1 N–H and O–H groups in total. The van der Waals surface area contributed by atoms with Crippen LogP contribution < -0.4 is 5.32 Å². The molecule has 3 aromatic rings. The third-order valence-electron chi connectivity index (χ3n) is 2.81. The Hall–Kier alpha value is -2.26. The largest absolute Gasteiger partial charge is 0.295 e. The number of hydrogen-bond acceptors (Lipinski definition) is 6. The Balaban J connectivity index is 1.71. The highest BCUT2D eigenvalue weighted by molar-refractivity contribution is 8.01. The van der Waals surface area contributed by atoms with E-state index in [9.17, 15) is 9.18 Å². The maximum Gasteiger partial charge on any atom is 0.277 e. The van der Waals surface area contributed by atoms with E-state index in [1.807, 2.05) is 6.92 Å². The van der Waals surface area contributed by atoms with Gasteiger partial charge in [0.25, 0.3) is 5.91 Å². The third kappa shape index (κ3) is 3.74. The van der Waals surface area contributed by atoms with E-state index in [1.54, 1.807) is 36.2 Å². The molecule has 1 amide bonds. The van der Waals surface area contributed by atoms with Crippen LogP contribution in [0.5, 0.6) is 0 Å². The van der Waals surface area contributed by atoms with Crippen molar-refractivity contribution in [2.45, 2.75) is 11.3 Å². The number of halogens is 1. The first-order valence-electron chi connectivity index (χ1n) is 6.75. The Morgan fingerprint density at radius 3 is 2.83 bits per heavy atom. The zero-order valence-corrected chi connectivity index (χ0v) is 13.7. The minimum absolute atomic E-state index is 0.245. The molecular formula is C14H12FN5OS2. The molecule has 1 aromatic carbocycles. The number of carbonyl (C=O) groups excluding carboxylic acids is 1. The number of nitrogens with zero attached hydrogens (tertiary/aromatic N) is 4. The third-order valence-corrected chi connectivity index (χ3v) is 4.66. The first-order valence-corrected chi connectivity index (χ1v) is 8.55. The second kappa shape index (κ2) is 6.88. The fourth-order valence-electron chi connectivity index (χ4n) is 1.79. The summed E-state index contributed by atoms with van der Waals surface area (Å²) in [5.41, 5.74) is 0.914. The normalized spacial score (nSPS) is 10.7. The second-order valence-corrected chi connectivity index (χ2v) is 6.87. The summed E-state index contributed by atoms with van der Waals surface area (Å²) in [6, 6.07) is 7.43. The molecule has 0 bridgehead atoms. The molecule has 118 valence electrons. The second-order valence-electron chi connectivity index (χ2n) is 4.38. The standard InChI is InChI=1S/C14H12FN5OS2/c1-2-22-14-18-17-13(23-14)16-12(21)11-7-8-20(19-11)10-5-3-9(15)4-6-10/h3-8H,2H2,1H3,(H,16,17,21). The zero-order chi connectivity index (χ0) is 16.2. The number of nitrogens with one attached hydrogen (secondary N) is 1. The smallest absolute Gasteiger partial charge is 0.277 e. The number of hydrogen-bond donors (Lipinski definition) is 1. The minimum Gasteiger partial charge on any atom is -0.295 e. The summed E-state index contributed by atoms with van der Waals surface area (Å²) in [5, 5.41) is 15.2. The van der Waals surface area contributed by atoms with Crippen LogP contribution >= 0.6 is 23.1 Å². The molecule has 0 unspecified atom stereocenters. The van der Waals surface area contributed by atoms with Crippen molar-refractivity contribution in [3.63, 3.8) is 0 Å². The maximum absolute atomic E-state index is 12.9. The number of thioether (sulfide) groups is 1. The lowest BCUT2D eigenvalue weighted by atomic mass is 10.3. The molecule has 0 radical (unpaired) electrons. The van der Waals surface area contributed by atoms with Gasteiger partial charge in [-0.05, 0) is 36.1 Å². The van der Waals surface area contributed by atoms with Gasteiger partial charge in [0, 0.05) is 6.20 Å². The van der Waals surface area contributed by atoms with E-state index in [0.29, 0.717) is 10.8 Å². The first kappa shape index (κ1) is 15.6. The van der Waals surface area contributed by atoms with Gasteiger partial charge in [-0.2, -0.15) is 5.10 Å². The van der Waals surface area contributed by atoms with Gasteiger partial charge in [0.15, 0.2) is 10.0 Å². The lowest BCUT2D eigenvalue weighted by molar-refractivity contribution is 0.102. The molecular weight excluding hydrogens is 337 g/mol. The van der Waals surface area contributed by atoms with Crippen LogP contribution in [0.2, 0.25) is 0 Å². The number of aromatic nitrogens is 4. The van der Waals surface area contributed by atoms with Crippen molar-refractivity contribution in [1.82, 2.24) is 20.0 Å². The van der Waals surface area contributed by atoms with Gasteiger partial charge >= 0.3 is 0 Å². The van der Waals surface area contributed by atoms with Crippen LogP contribution in [0.15, 0.2) is 40.9 Å². The molecule has 0 saturated heterocycles. The van der Waals surface area contributed by atoms with Gasteiger partial charge in [-0.3, -0.25) is 10.1 Å². The van der Waals surface area contributed by atoms with Crippen molar-refractivity contribution in [2.75, 3.05) is 11.1 Å². The molecule has 9 heteroatoms. The summed E-state index contributed by atoms with van der Waals surface area (Å²) in [7, 11) is 0. The molecule has 0 spiro atoms. The summed E-state index contributed by atoms with van der Waals surface area (Å²) >= 11 is 2.88. The SMILES string of the molecule is CCSc1nnc(NC(=O)c2ccn(-c3ccc(F)cc3)n2)s1. The van der Waals surface area contributed by atoms with Crippen LogP contribution in [0.25, 0.3) is 5.69 Å². The number of carbonyl (C=O) groups is 1. The molecule has 0 aliphatic carbocycles. The highest BCUT2D eigenvalue weighted by atomic mass is 32.2. The molecule has 0 atom stereocenters. The van der Waals surface area contributed by atoms with Crippen LogP contribution in [-0.4, -0.2) is 31.6 Å². The first-order chi connectivity index (χ1) is 11.2. The molecule has 0 aliphatic rings. The predicted octanol–water partition coefficient (Wildman–Crippen LogP) is 3.23. The maximum atomic E-state index is 12.9. The van der Waals surface area contributed by atoms with Crippen molar-refractivity contribution in [2.24, 2.45) is 0 Å². The van der Waals surface area contributed by atoms with Crippen molar-refractivity contribution in [3.8, 4) is 5.69 Å². The fourth-order valence-corrected chi connectivity index (χ4v) is 3.43. The molecule has 23 heavy (non-hydrogen) atoms. The van der Waals surface area contributed by atoms with E-state index in [0.717, 1.165) is 10.1 Å². The molecule has 2 aromatic heterocycles. The lowest BCUT2D eigenvalue weighted by Gasteiger charge is -2.00. The average Bonchev–Trinajstić information content (AvgIpc) is 3.18. The van der Waals surface area contributed by atoms with Crippen molar-refractivity contribution >= 4 is 34.1 Å². The van der Waals surface area contributed by atoms with E-state index < -0.39 is 0 Å². The Kier molecular flexibility index (Phi) is 4.68. The summed E-state index contributed by atoms with van der Waals surface area (Å²) in [4.78, 5) is 12.2. The molecule has 0 fully saturated rings. The summed E-state index contributed by atoms with van der Waals surface area (Å²) in [5.74, 6) is 0.205. The predicted molar refractivity (Wildman–Crippen MR) is 87.8 cm³/mol. The Morgan fingerprint density at radius 2 is 2.09 bits per heavy atom. The van der Waals surface area contributed by atoms with Gasteiger partial charge in [-0.15, -0.1) is 10.2 Å². The van der Waals surface area contributed by atoms with Crippen LogP contribution in [0.4, 0.5) is 9.52 Å². The van der Waals surface area contributed by atoms with Crippen molar-refractivity contribution in [1.29, 1.82) is 0 Å². The van der Waals surface area contributed by atoms with Gasteiger partial charge in [-0.1, -0.05) is 30.0 Å². The van der Waals surface area contributed by atoms with Crippen LogP contribution in [0.1, 0.15) is 17.4 Å². The Labute approximate surface area is 139 Å². The van der Waals surface area contributed by atoms with Crippen LogP contribution in [-0.2, 0) is 0 Å². The van der Waals surface area contributed by atoms with E-state index >= 15 is 0 Å². The van der Waals surface area contributed by atoms with E-state index in [2.05, 4.69) is 20.6 Å². The average molecular weight is 349 g/mol. The van der Waals surface area contributed by atoms with Gasteiger partial charge in [-0.25, -0.2) is 9.07 Å². The van der Waals surface area contributed by atoms with E-state index in [4.69, 9.17) is 0 Å². The van der Waals surface area contributed by atoms with Crippen molar-refractivity contribution < 1.29 is 9.18 Å². The topological polar surface area (TPSA) is 72.7 Å². The van der Waals surface area contributed by atoms with Gasteiger partial charge in [0.2, 0.25) is 5.13 Å². The summed E-state index contributed by atoms with van der Waals surface area (Å²) in [6.45, 7) is 2.02. The molecule has 6 nitrogen and oxygen atoms in total. The van der Waals surface area contributed by atoms with Gasteiger partial charge in [0.05, 0.1) is 5.69 Å². The van der Waals surface area contributed by atoms with Crippen LogP contribution in [0, 0.1) is 5.82 Å². The quantitative estimate of drug-likeness (QED) is 0.565. The number of amides is 1. The lowest BCUT2D eigenvalue weighted by Crippen LogP contribution is -2.13. The Bertz CT molecular complexity index is 815. The van der Waals surface area contributed by atoms with Crippen molar-refractivity contribution in [3.05, 3.63) is 48.0 Å². The zero-order valence-electron chi connectivity index (χ0n) is 12.1. The highest BCUT2D eigenvalue weighted by Gasteiger charge is 2.13. The summed E-state index contributed by atoms with van der Waals surface area (Å²) < 4.78 is 15.2. The monoisotopic (exact) mass is 349 g/mol. The minimum atomic E-state index is -0.366. The summed E-state index contributed by atoms with van der Waals surface area (Å²) in [6.07, 6.45) is 1.64. The number of rotatable bonds is 5. The number of anilines is 1. The van der Waals surface area contributed by atoms with Gasteiger partial charge in [0.1, 0.15) is 5.82 Å². The van der Waals surface area contributed by atoms with E-state index in [-0.39, 0.29) is 17.4 Å². The van der Waals surface area contributed by atoms with E-state index in [1.165, 1.54) is 28.2 Å². The number of benzene rings is 1. The highest BCUT2D eigenvalue weighted by Crippen LogP contribution is 2.25. The molecule has 3 rings (SSSR count). The molecule has 0 aliphatic heterocycles.